The normalized spacial score (nSPS) is 24.8. The van der Waals surface area contributed by atoms with E-state index in [1.54, 1.807) is 12.1 Å². The number of halogens is 1. The predicted molar refractivity (Wildman–Crippen MR) is 131 cm³/mol. The second-order valence-electron chi connectivity index (χ2n) is 9.06. The molecule has 0 radical (unpaired) electrons. The van der Waals surface area contributed by atoms with Crippen LogP contribution < -0.4 is 10.2 Å². The van der Waals surface area contributed by atoms with Crippen molar-refractivity contribution in [3.63, 3.8) is 0 Å². The topological polar surface area (TPSA) is 99.3 Å². The summed E-state index contributed by atoms with van der Waals surface area (Å²) >= 11 is 2.15. The molecular formula is C22H25IN4O5S. The number of carbonyl (C=O) groups is 4. The molecule has 1 aromatic rings. The highest BCUT2D eigenvalue weighted by Gasteiger charge is 2.45. The van der Waals surface area contributed by atoms with Gasteiger partial charge in [-0.3, -0.25) is 34.3 Å². The number of rotatable bonds is 6. The van der Waals surface area contributed by atoms with Gasteiger partial charge in [-0.25, -0.2) is 0 Å². The van der Waals surface area contributed by atoms with Crippen molar-refractivity contribution in [2.24, 2.45) is 5.92 Å². The summed E-state index contributed by atoms with van der Waals surface area (Å²) in [5.41, 5.74) is 1.58. The second-order valence-corrected chi connectivity index (χ2v) is 10.5. The molecule has 5 rings (SSSR count). The first kappa shape index (κ1) is 23.1. The number of hydrogen-bond acceptors (Lipinski definition) is 8. The molecule has 3 fully saturated rings. The summed E-state index contributed by atoms with van der Waals surface area (Å²) in [5, 5.41) is 2.23. The molecule has 4 aliphatic heterocycles. The van der Waals surface area contributed by atoms with Gasteiger partial charge in [-0.2, -0.15) is 0 Å². The smallest absolute Gasteiger partial charge is 0.262 e. The summed E-state index contributed by atoms with van der Waals surface area (Å²) in [6, 6.07) is 4.99. The van der Waals surface area contributed by atoms with E-state index in [0.29, 0.717) is 23.1 Å². The third-order valence-corrected chi connectivity index (χ3v) is 8.09. The molecule has 1 unspecified atom stereocenters. The van der Waals surface area contributed by atoms with E-state index in [1.807, 2.05) is 6.07 Å². The zero-order valence-corrected chi connectivity index (χ0v) is 21.0. The number of likely N-dealkylation sites (tertiary alicyclic amines) is 1. The second kappa shape index (κ2) is 9.51. The van der Waals surface area contributed by atoms with E-state index in [-0.39, 0.29) is 18.7 Å². The van der Waals surface area contributed by atoms with Crippen molar-refractivity contribution in [3.05, 3.63) is 29.3 Å². The molecule has 4 aliphatic rings. The van der Waals surface area contributed by atoms with E-state index in [1.165, 1.54) is 9.21 Å². The largest absolute Gasteiger partial charge is 0.371 e. The lowest BCUT2D eigenvalue weighted by atomic mass is 9.93. The van der Waals surface area contributed by atoms with E-state index in [0.717, 1.165) is 56.2 Å². The Bertz CT molecular complexity index is 993. The van der Waals surface area contributed by atoms with Crippen molar-refractivity contribution < 1.29 is 23.4 Å². The Balaban J connectivity index is 1.22. The Hall–Kier alpha value is -1.70. The van der Waals surface area contributed by atoms with Crippen LogP contribution in [-0.4, -0.2) is 78.3 Å². The van der Waals surface area contributed by atoms with Crippen molar-refractivity contribution in [2.75, 3.05) is 37.7 Å². The minimum absolute atomic E-state index is 0.117. The van der Waals surface area contributed by atoms with Crippen LogP contribution >= 0.6 is 30.4 Å². The highest BCUT2D eigenvalue weighted by atomic mass is 127. The zero-order valence-electron chi connectivity index (χ0n) is 18.0. The summed E-state index contributed by atoms with van der Waals surface area (Å²) in [4.78, 5) is 55.4. The Labute approximate surface area is 208 Å². The molecule has 11 heteroatoms. The molecular weight excluding hydrogens is 559 g/mol. The van der Waals surface area contributed by atoms with E-state index >= 15 is 0 Å². The third-order valence-electron chi connectivity index (χ3n) is 7.10. The number of fused-ring (bicyclic) bond motifs is 1. The van der Waals surface area contributed by atoms with Crippen molar-refractivity contribution >= 4 is 59.7 Å². The Kier molecular flexibility index (Phi) is 6.65. The van der Waals surface area contributed by atoms with Gasteiger partial charge >= 0.3 is 0 Å². The summed E-state index contributed by atoms with van der Waals surface area (Å²) in [7, 11) is 1.39. The van der Waals surface area contributed by atoms with Gasteiger partial charge in [0.25, 0.3) is 11.8 Å². The maximum atomic E-state index is 13.1. The van der Waals surface area contributed by atoms with Crippen LogP contribution in [0.1, 0.15) is 46.4 Å². The number of anilines is 1. The van der Waals surface area contributed by atoms with E-state index in [2.05, 4.69) is 36.3 Å². The average molecular weight is 584 g/mol. The van der Waals surface area contributed by atoms with Crippen molar-refractivity contribution in [2.45, 2.75) is 37.8 Å². The molecule has 0 aromatic heterocycles. The minimum Gasteiger partial charge on any atom is -0.371 e. The van der Waals surface area contributed by atoms with Gasteiger partial charge in [0.1, 0.15) is 6.04 Å². The SMILES string of the molecule is O=C1CCC(N2C(=O)c3ccc(N4CCC(N5CC(COSI)C5)CC4)cc3C2=O)C(=O)N1. The highest BCUT2D eigenvalue weighted by molar-refractivity contribution is 14.2. The van der Waals surface area contributed by atoms with Crippen molar-refractivity contribution in [3.8, 4) is 0 Å². The maximum Gasteiger partial charge on any atom is 0.262 e. The molecule has 176 valence electrons. The molecule has 1 N–H and O–H groups in total. The molecule has 33 heavy (non-hydrogen) atoms. The number of nitrogens with zero attached hydrogens (tertiary/aromatic N) is 3. The van der Waals surface area contributed by atoms with Gasteiger partial charge in [-0.15, -0.1) is 0 Å². The first-order valence-electron chi connectivity index (χ1n) is 11.2. The summed E-state index contributed by atoms with van der Waals surface area (Å²) in [6.45, 7) is 4.77. The van der Waals surface area contributed by atoms with Crippen LogP contribution in [0.25, 0.3) is 0 Å². The summed E-state index contributed by atoms with van der Waals surface area (Å²) in [5.74, 6) is -1.26. The van der Waals surface area contributed by atoms with Crippen molar-refractivity contribution in [1.29, 1.82) is 0 Å². The zero-order chi connectivity index (χ0) is 23.1. The molecule has 4 heterocycles. The van der Waals surface area contributed by atoms with Gasteiger partial charge in [-0.1, -0.05) is 0 Å². The molecule has 0 aliphatic carbocycles. The number of nitrogens with one attached hydrogen (secondary N) is 1. The van der Waals surface area contributed by atoms with Gasteiger partial charge in [0.2, 0.25) is 11.8 Å². The Morgan fingerprint density at radius 3 is 2.45 bits per heavy atom. The fraction of sp³-hybridized carbons (Fsp3) is 0.545. The molecule has 0 saturated carbocycles. The number of piperidine rings is 2. The number of amides is 4. The highest BCUT2D eigenvalue weighted by Crippen LogP contribution is 2.33. The molecule has 0 spiro atoms. The first-order chi connectivity index (χ1) is 16.0. The van der Waals surface area contributed by atoms with Crippen molar-refractivity contribution in [1.82, 2.24) is 15.1 Å². The predicted octanol–water partition coefficient (Wildman–Crippen LogP) is 2.00. The van der Waals surface area contributed by atoms with Crippen LogP contribution in [0.4, 0.5) is 5.69 Å². The number of carbonyl (C=O) groups excluding carboxylic acids is 4. The van der Waals surface area contributed by atoms with Gasteiger partial charge < -0.3 is 9.08 Å². The van der Waals surface area contributed by atoms with Crippen LogP contribution in [0.3, 0.4) is 0 Å². The van der Waals surface area contributed by atoms with Crippen LogP contribution in [0.5, 0.6) is 0 Å². The van der Waals surface area contributed by atoms with Crippen LogP contribution in [-0.2, 0) is 13.8 Å². The Morgan fingerprint density at radius 1 is 1.03 bits per heavy atom. The van der Waals surface area contributed by atoms with Crippen LogP contribution in [0.15, 0.2) is 18.2 Å². The van der Waals surface area contributed by atoms with E-state index < -0.39 is 23.8 Å². The molecule has 1 atom stereocenters. The van der Waals surface area contributed by atoms with Gasteiger partial charge in [0, 0.05) is 71.5 Å². The molecule has 1 aromatic carbocycles. The maximum absolute atomic E-state index is 13.1. The van der Waals surface area contributed by atoms with Crippen LogP contribution in [0.2, 0.25) is 0 Å². The quantitative estimate of drug-likeness (QED) is 0.308. The van der Waals surface area contributed by atoms with E-state index in [9.17, 15) is 19.2 Å². The van der Waals surface area contributed by atoms with E-state index in [4.69, 9.17) is 4.18 Å². The lowest BCUT2D eigenvalue weighted by Crippen LogP contribution is -2.56. The standard InChI is InChI=1S/C22H25IN4O5S/c23-33-32-12-13-10-26(11-13)14-5-7-25(8-6-14)15-1-2-16-17(9-15)22(31)27(21(16)30)18-3-4-19(28)24-20(18)29/h1-2,9,13-14,18H,3-8,10-12H2,(H,24,28,29). The van der Waals surface area contributed by atoms with Gasteiger partial charge in [-0.05, 0) is 37.5 Å². The molecule has 9 nitrogen and oxygen atoms in total. The number of hydrogen-bond donors (Lipinski definition) is 1. The summed E-state index contributed by atoms with van der Waals surface area (Å²) in [6.07, 6.45) is 2.39. The fourth-order valence-electron chi connectivity index (χ4n) is 5.28. The molecule has 3 saturated heterocycles. The summed E-state index contributed by atoms with van der Waals surface area (Å²) < 4.78 is 5.43. The number of imide groups is 2. The lowest BCUT2D eigenvalue weighted by Gasteiger charge is -2.47. The minimum atomic E-state index is -0.935. The van der Waals surface area contributed by atoms with Gasteiger partial charge in [0.15, 0.2) is 0 Å². The third kappa shape index (κ3) is 4.40. The average Bonchev–Trinajstić information content (AvgIpc) is 3.03. The number of benzene rings is 1. The van der Waals surface area contributed by atoms with Crippen LogP contribution in [0, 0.1) is 5.92 Å². The molecule has 4 amide bonds. The Morgan fingerprint density at radius 2 is 1.76 bits per heavy atom. The van der Waals surface area contributed by atoms with Gasteiger partial charge in [0.05, 0.1) is 26.9 Å². The fourth-order valence-corrected chi connectivity index (χ4v) is 5.96. The lowest BCUT2D eigenvalue weighted by molar-refractivity contribution is -0.136. The molecule has 0 bridgehead atoms. The first-order valence-corrected chi connectivity index (χ1v) is 14.5. The monoisotopic (exact) mass is 584 g/mol.